The van der Waals surface area contributed by atoms with Crippen molar-refractivity contribution in [3.05, 3.63) is 0 Å². The normalized spacial score (nSPS) is 23.3. The van der Waals surface area contributed by atoms with Crippen LogP contribution in [0.15, 0.2) is 0 Å². The molecule has 0 bridgehead atoms. The minimum Gasteiger partial charge on any atom is -0.378 e. The summed E-state index contributed by atoms with van der Waals surface area (Å²) in [5.41, 5.74) is 5.62. The van der Waals surface area contributed by atoms with E-state index in [-0.39, 0.29) is 5.60 Å². The van der Waals surface area contributed by atoms with Crippen LogP contribution in [0.1, 0.15) is 45.4 Å². The summed E-state index contributed by atoms with van der Waals surface area (Å²) >= 11 is 0. The molecule has 1 aliphatic carbocycles. The van der Waals surface area contributed by atoms with E-state index in [1.165, 1.54) is 32.1 Å². The highest BCUT2D eigenvalue weighted by Crippen LogP contribution is 2.34. The molecule has 0 aliphatic heterocycles. The molecule has 0 aromatic heterocycles. The second-order valence-electron chi connectivity index (χ2n) is 4.55. The molecule has 2 nitrogen and oxygen atoms in total. The topological polar surface area (TPSA) is 35.2 Å². The second kappa shape index (κ2) is 4.97. The number of nitrogens with two attached hydrogens (primary N) is 1. The molecule has 0 spiro atoms. The fourth-order valence-corrected chi connectivity index (χ4v) is 2.42. The van der Waals surface area contributed by atoms with Crippen LogP contribution in [-0.4, -0.2) is 19.3 Å². The third kappa shape index (κ3) is 3.28. The lowest BCUT2D eigenvalue weighted by Crippen LogP contribution is -2.32. The molecule has 1 saturated carbocycles. The van der Waals surface area contributed by atoms with E-state index in [2.05, 4.69) is 6.92 Å². The molecule has 0 heterocycles. The Morgan fingerprint density at radius 3 is 2.46 bits per heavy atom. The molecule has 2 heteroatoms. The molecule has 1 fully saturated rings. The van der Waals surface area contributed by atoms with Gasteiger partial charge in [-0.15, -0.1) is 0 Å². The van der Waals surface area contributed by atoms with Crippen LogP contribution in [0.3, 0.4) is 0 Å². The first kappa shape index (κ1) is 11.0. The van der Waals surface area contributed by atoms with Crippen molar-refractivity contribution in [3.8, 4) is 0 Å². The number of methoxy groups -OCH3 is 1. The van der Waals surface area contributed by atoms with Crippen LogP contribution in [0.25, 0.3) is 0 Å². The molecule has 78 valence electrons. The molecular formula is C11H23NO. The summed E-state index contributed by atoms with van der Waals surface area (Å²) in [6.07, 6.45) is 7.79. The average molecular weight is 185 g/mol. The Labute approximate surface area is 81.8 Å². The van der Waals surface area contributed by atoms with Crippen molar-refractivity contribution < 1.29 is 4.74 Å². The lowest BCUT2D eigenvalue weighted by atomic mass is 9.88. The Hall–Kier alpha value is -0.0800. The van der Waals surface area contributed by atoms with Gasteiger partial charge >= 0.3 is 0 Å². The number of rotatable bonds is 5. The Kier molecular flexibility index (Phi) is 4.20. The quantitative estimate of drug-likeness (QED) is 0.713. The lowest BCUT2D eigenvalue weighted by molar-refractivity contribution is -0.0182. The van der Waals surface area contributed by atoms with Gasteiger partial charge in [-0.05, 0) is 32.2 Å². The van der Waals surface area contributed by atoms with Gasteiger partial charge in [0.15, 0.2) is 0 Å². The van der Waals surface area contributed by atoms with E-state index in [4.69, 9.17) is 10.5 Å². The van der Waals surface area contributed by atoms with Crippen molar-refractivity contribution in [2.45, 2.75) is 51.0 Å². The maximum atomic E-state index is 5.58. The predicted molar refractivity (Wildman–Crippen MR) is 55.7 cm³/mol. The van der Waals surface area contributed by atoms with Gasteiger partial charge in [0.05, 0.1) is 5.60 Å². The molecule has 1 aliphatic rings. The third-order valence-electron chi connectivity index (χ3n) is 3.36. The van der Waals surface area contributed by atoms with Crippen LogP contribution in [0.5, 0.6) is 0 Å². The Morgan fingerprint density at radius 1 is 1.38 bits per heavy atom. The van der Waals surface area contributed by atoms with Gasteiger partial charge in [0, 0.05) is 7.11 Å². The summed E-state index contributed by atoms with van der Waals surface area (Å²) < 4.78 is 5.56. The zero-order valence-electron chi connectivity index (χ0n) is 9.01. The highest BCUT2D eigenvalue weighted by Gasteiger charge is 2.28. The molecule has 0 saturated heterocycles. The fraction of sp³-hybridized carbons (Fsp3) is 1.00. The molecule has 2 N–H and O–H groups in total. The molecular weight excluding hydrogens is 162 g/mol. The van der Waals surface area contributed by atoms with Crippen LogP contribution < -0.4 is 5.73 Å². The van der Waals surface area contributed by atoms with Gasteiger partial charge in [0.25, 0.3) is 0 Å². The largest absolute Gasteiger partial charge is 0.378 e. The standard InChI is InChI=1S/C11H23NO/c1-11(13-2,7-8-12)9-10-5-3-4-6-10/h10H,3-9,12H2,1-2H3. The van der Waals surface area contributed by atoms with Gasteiger partial charge in [0.1, 0.15) is 0 Å². The van der Waals surface area contributed by atoms with Crippen LogP contribution in [0, 0.1) is 5.92 Å². The van der Waals surface area contributed by atoms with Gasteiger partial charge in [-0.3, -0.25) is 0 Å². The minimum absolute atomic E-state index is 0.0315. The van der Waals surface area contributed by atoms with E-state index < -0.39 is 0 Å². The SMILES string of the molecule is COC(C)(CCN)CC1CCCC1. The van der Waals surface area contributed by atoms with Crippen molar-refractivity contribution in [2.24, 2.45) is 11.7 Å². The first-order valence-corrected chi connectivity index (χ1v) is 5.45. The smallest absolute Gasteiger partial charge is 0.0665 e. The zero-order valence-corrected chi connectivity index (χ0v) is 9.01. The summed E-state index contributed by atoms with van der Waals surface area (Å²) in [6.45, 7) is 2.93. The minimum atomic E-state index is 0.0315. The first-order valence-electron chi connectivity index (χ1n) is 5.45. The predicted octanol–water partition coefficient (Wildman–Crippen LogP) is 2.32. The maximum Gasteiger partial charge on any atom is 0.0665 e. The third-order valence-corrected chi connectivity index (χ3v) is 3.36. The number of hydrogen-bond donors (Lipinski definition) is 1. The molecule has 0 amide bonds. The van der Waals surface area contributed by atoms with E-state index in [0.717, 1.165) is 18.9 Å². The maximum absolute atomic E-state index is 5.58. The zero-order chi connectivity index (χ0) is 9.73. The first-order chi connectivity index (χ1) is 6.20. The summed E-state index contributed by atoms with van der Waals surface area (Å²) in [5, 5.41) is 0. The van der Waals surface area contributed by atoms with E-state index in [1.54, 1.807) is 0 Å². The molecule has 1 atom stereocenters. The van der Waals surface area contributed by atoms with Crippen molar-refractivity contribution >= 4 is 0 Å². The molecule has 1 unspecified atom stereocenters. The van der Waals surface area contributed by atoms with Gasteiger partial charge in [0.2, 0.25) is 0 Å². The van der Waals surface area contributed by atoms with Crippen LogP contribution in [-0.2, 0) is 4.74 Å². The van der Waals surface area contributed by atoms with Crippen molar-refractivity contribution in [1.82, 2.24) is 0 Å². The van der Waals surface area contributed by atoms with Gasteiger partial charge in [-0.25, -0.2) is 0 Å². The Bertz CT molecular complexity index is 143. The van der Waals surface area contributed by atoms with Crippen LogP contribution >= 0.6 is 0 Å². The van der Waals surface area contributed by atoms with E-state index in [1.807, 2.05) is 7.11 Å². The molecule has 0 radical (unpaired) electrons. The molecule has 1 rings (SSSR count). The highest BCUT2D eigenvalue weighted by molar-refractivity contribution is 4.81. The van der Waals surface area contributed by atoms with Crippen molar-refractivity contribution in [3.63, 3.8) is 0 Å². The summed E-state index contributed by atoms with van der Waals surface area (Å²) in [5.74, 6) is 0.886. The molecule has 0 aromatic rings. The fourth-order valence-electron chi connectivity index (χ4n) is 2.42. The van der Waals surface area contributed by atoms with Crippen LogP contribution in [0.4, 0.5) is 0 Å². The van der Waals surface area contributed by atoms with Gasteiger partial charge in [-0.1, -0.05) is 25.7 Å². The monoisotopic (exact) mass is 185 g/mol. The van der Waals surface area contributed by atoms with E-state index in [0.29, 0.717) is 0 Å². The summed E-state index contributed by atoms with van der Waals surface area (Å²) in [4.78, 5) is 0. The number of hydrogen-bond acceptors (Lipinski definition) is 2. The lowest BCUT2D eigenvalue weighted by Gasteiger charge is -2.30. The summed E-state index contributed by atoms with van der Waals surface area (Å²) in [7, 11) is 1.81. The highest BCUT2D eigenvalue weighted by atomic mass is 16.5. The number of ether oxygens (including phenoxy) is 1. The van der Waals surface area contributed by atoms with Gasteiger partial charge < -0.3 is 10.5 Å². The summed E-state index contributed by atoms with van der Waals surface area (Å²) in [6, 6.07) is 0. The van der Waals surface area contributed by atoms with E-state index in [9.17, 15) is 0 Å². The molecule has 13 heavy (non-hydrogen) atoms. The van der Waals surface area contributed by atoms with Crippen molar-refractivity contribution in [1.29, 1.82) is 0 Å². The average Bonchev–Trinajstić information content (AvgIpc) is 2.57. The Balaban J connectivity index is 2.36. The Morgan fingerprint density at radius 2 is 2.00 bits per heavy atom. The van der Waals surface area contributed by atoms with E-state index >= 15 is 0 Å². The van der Waals surface area contributed by atoms with Crippen molar-refractivity contribution in [2.75, 3.05) is 13.7 Å². The van der Waals surface area contributed by atoms with Crippen LogP contribution in [0.2, 0.25) is 0 Å². The van der Waals surface area contributed by atoms with Gasteiger partial charge in [-0.2, -0.15) is 0 Å². The second-order valence-corrected chi connectivity index (χ2v) is 4.55. The molecule has 0 aromatic carbocycles.